The predicted molar refractivity (Wildman–Crippen MR) is 109 cm³/mol. The van der Waals surface area contributed by atoms with Crippen LogP contribution in [0.2, 0.25) is 0 Å². The number of nitro groups is 1. The molecular weight excluding hydrogens is 373 g/mol. The number of hydrogen-bond acceptors (Lipinski definition) is 4. The minimum absolute atomic E-state index is 0.000350. The van der Waals surface area contributed by atoms with Crippen LogP contribution in [0.25, 0.3) is 0 Å². The van der Waals surface area contributed by atoms with E-state index in [1.165, 1.54) is 24.3 Å². The maximum atomic E-state index is 13.3. The van der Waals surface area contributed by atoms with E-state index < -0.39 is 10.3 Å². The molecular formula is C22H26FN3O3. The van der Waals surface area contributed by atoms with Crippen molar-refractivity contribution >= 4 is 11.6 Å². The lowest BCUT2D eigenvalue weighted by Gasteiger charge is -2.34. The Bertz CT molecular complexity index is 866. The van der Waals surface area contributed by atoms with E-state index in [1.54, 1.807) is 26.0 Å². The number of halogens is 1. The van der Waals surface area contributed by atoms with Gasteiger partial charge < -0.3 is 10.6 Å². The molecule has 1 aliphatic rings. The lowest BCUT2D eigenvalue weighted by atomic mass is 9.80. The van der Waals surface area contributed by atoms with Gasteiger partial charge in [-0.25, -0.2) is 4.39 Å². The second kappa shape index (κ2) is 8.69. The van der Waals surface area contributed by atoms with Crippen molar-refractivity contribution < 1.29 is 14.1 Å². The van der Waals surface area contributed by atoms with Crippen molar-refractivity contribution in [1.29, 1.82) is 0 Å². The molecule has 1 saturated heterocycles. The number of rotatable bonds is 6. The lowest BCUT2D eigenvalue weighted by Crippen LogP contribution is -2.46. The van der Waals surface area contributed by atoms with E-state index in [2.05, 4.69) is 10.6 Å². The van der Waals surface area contributed by atoms with Gasteiger partial charge >= 0.3 is 0 Å². The number of piperidine rings is 1. The van der Waals surface area contributed by atoms with Gasteiger partial charge in [0.15, 0.2) is 0 Å². The summed E-state index contributed by atoms with van der Waals surface area (Å²) in [6.45, 7) is 5.78. The van der Waals surface area contributed by atoms with E-state index in [4.69, 9.17) is 0 Å². The van der Waals surface area contributed by atoms with Gasteiger partial charge in [-0.05, 0) is 61.9 Å². The molecule has 0 bridgehead atoms. The number of hydrogen-bond donors (Lipinski definition) is 2. The first-order valence-corrected chi connectivity index (χ1v) is 9.78. The monoisotopic (exact) mass is 399 g/mol. The summed E-state index contributed by atoms with van der Waals surface area (Å²) in [6.07, 6.45) is 0.928. The Morgan fingerprint density at radius 1 is 1.21 bits per heavy atom. The summed E-state index contributed by atoms with van der Waals surface area (Å²) in [6, 6.07) is 12.7. The first-order valence-electron chi connectivity index (χ1n) is 9.78. The molecule has 1 amide bonds. The fourth-order valence-electron chi connectivity index (χ4n) is 3.86. The Morgan fingerprint density at radius 2 is 1.86 bits per heavy atom. The van der Waals surface area contributed by atoms with Crippen molar-refractivity contribution in [2.24, 2.45) is 5.92 Å². The second-order valence-corrected chi connectivity index (χ2v) is 8.05. The number of benzene rings is 2. The summed E-state index contributed by atoms with van der Waals surface area (Å²) >= 11 is 0. The molecule has 2 atom stereocenters. The lowest BCUT2D eigenvalue weighted by molar-refractivity contribution is -0.384. The van der Waals surface area contributed by atoms with Crippen LogP contribution in [0.3, 0.4) is 0 Å². The molecule has 1 heterocycles. The van der Waals surface area contributed by atoms with Crippen molar-refractivity contribution in [2.45, 2.75) is 31.6 Å². The van der Waals surface area contributed by atoms with Crippen molar-refractivity contribution in [3.63, 3.8) is 0 Å². The van der Waals surface area contributed by atoms with Crippen molar-refractivity contribution in [2.75, 3.05) is 19.6 Å². The Kier molecular flexibility index (Phi) is 6.27. The minimum Gasteiger partial charge on any atom is -0.355 e. The third-order valence-corrected chi connectivity index (χ3v) is 5.80. The number of amides is 1. The first-order chi connectivity index (χ1) is 13.8. The molecule has 0 unspecified atom stereocenters. The molecule has 0 spiro atoms. The molecule has 0 radical (unpaired) electrons. The van der Waals surface area contributed by atoms with Crippen LogP contribution in [-0.4, -0.2) is 30.5 Å². The van der Waals surface area contributed by atoms with Gasteiger partial charge in [0.2, 0.25) is 5.91 Å². The molecule has 29 heavy (non-hydrogen) atoms. The average molecular weight is 399 g/mol. The van der Waals surface area contributed by atoms with E-state index in [1.807, 2.05) is 12.1 Å². The minimum atomic E-state index is -0.817. The standard InChI is InChI=1S/C22H26FN3O3/c1-22(2,17-5-9-19(10-6-17)26(28)29)21(27)25-14-16-13-24-12-11-20(16)15-3-7-18(23)8-4-15/h3-10,16,20,24H,11-14H2,1-2H3,(H,25,27)/t16-,20+/m0/s1. The largest absolute Gasteiger partial charge is 0.355 e. The van der Waals surface area contributed by atoms with E-state index in [0.29, 0.717) is 6.54 Å². The molecule has 3 rings (SSSR count). The second-order valence-electron chi connectivity index (χ2n) is 8.05. The molecule has 154 valence electrons. The summed E-state index contributed by atoms with van der Waals surface area (Å²) < 4.78 is 13.3. The third kappa shape index (κ3) is 4.79. The highest BCUT2D eigenvalue weighted by atomic mass is 19.1. The Labute approximate surface area is 169 Å². The molecule has 2 aromatic rings. The zero-order valence-electron chi connectivity index (χ0n) is 16.7. The van der Waals surface area contributed by atoms with Crippen LogP contribution in [0.4, 0.5) is 10.1 Å². The normalized spacial score (nSPS) is 19.6. The van der Waals surface area contributed by atoms with Gasteiger partial charge in [-0.15, -0.1) is 0 Å². The van der Waals surface area contributed by atoms with Crippen LogP contribution in [0.1, 0.15) is 37.3 Å². The van der Waals surface area contributed by atoms with Crippen LogP contribution in [0, 0.1) is 21.8 Å². The number of nitrogens with one attached hydrogen (secondary N) is 2. The first kappa shape index (κ1) is 20.9. The van der Waals surface area contributed by atoms with Crippen molar-refractivity contribution in [1.82, 2.24) is 10.6 Å². The highest BCUT2D eigenvalue weighted by Gasteiger charge is 2.32. The van der Waals surface area contributed by atoms with Gasteiger partial charge in [0.25, 0.3) is 5.69 Å². The molecule has 7 heteroatoms. The molecule has 1 fully saturated rings. The van der Waals surface area contributed by atoms with E-state index in [0.717, 1.165) is 30.6 Å². The van der Waals surface area contributed by atoms with Crippen LogP contribution in [0.15, 0.2) is 48.5 Å². The summed E-state index contributed by atoms with van der Waals surface area (Å²) in [5, 5.41) is 17.3. The Morgan fingerprint density at radius 3 is 2.48 bits per heavy atom. The van der Waals surface area contributed by atoms with E-state index in [-0.39, 0.29) is 29.2 Å². The van der Waals surface area contributed by atoms with Gasteiger partial charge in [-0.2, -0.15) is 0 Å². The molecule has 0 aromatic heterocycles. The zero-order valence-corrected chi connectivity index (χ0v) is 16.7. The topological polar surface area (TPSA) is 84.3 Å². The molecule has 1 aliphatic heterocycles. The molecule has 6 nitrogen and oxygen atoms in total. The summed E-state index contributed by atoms with van der Waals surface area (Å²) in [7, 11) is 0. The average Bonchev–Trinajstić information content (AvgIpc) is 2.73. The van der Waals surface area contributed by atoms with Gasteiger partial charge in [-0.1, -0.05) is 24.3 Å². The maximum Gasteiger partial charge on any atom is 0.269 e. The molecule has 2 aromatic carbocycles. The molecule has 0 saturated carbocycles. The van der Waals surface area contributed by atoms with Crippen LogP contribution < -0.4 is 10.6 Å². The third-order valence-electron chi connectivity index (χ3n) is 5.80. The molecule has 0 aliphatic carbocycles. The van der Waals surface area contributed by atoms with Crippen LogP contribution >= 0.6 is 0 Å². The highest BCUT2D eigenvalue weighted by molar-refractivity contribution is 5.87. The zero-order chi connectivity index (χ0) is 21.0. The summed E-state index contributed by atoms with van der Waals surface area (Å²) in [5.41, 5.74) is 0.988. The van der Waals surface area contributed by atoms with Crippen molar-refractivity contribution in [3.8, 4) is 0 Å². The summed E-state index contributed by atoms with van der Waals surface area (Å²) in [4.78, 5) is 23.3. The predicted octanol–water partition coefficient (Wildman–Crippen LogP) is 3.52. The van der Waals surface area contributed by atoms with E-state index in [9.17, 15) is 19.3 Å². The van der Waals surface area contributed by atoms with Gasteiger partial charge in [0.05, 0.1) is 10.3 Å². The van der Waals surface area contributed by atoms with Gasteiger partial charge in [-0.3, -0.25) is 14.9 Å². The fraction of sp³-hybridized carbons (Fsp3) is 0.409. The van der Waals surface area contributed by atoms with Crippen LogP contribution in [0.5, 0.6) is 0 Å². The molecule has 2 N–H and O–H groups in total. The number of nitrogens with zero attached hydrogens (tertiary/aromatic N) is 1. The van der Waals surface area contributed by atoms with Crippen LogP contribution in [-0.2, 0) is 10.2 Å². The number of non-ortho nitro benzene ring substituents is 1. The quantitative estimate of drug-likeness (QED) is 0.575. The van der Waals surface area contributed by atoms with Gasteiger partial charge in [0, 0.05) is 25.2 Å². The fourth-order valence-corrected chi connectivity index (χ4v) is 3.86. The number of nitro benzene ring substituents is 1. The number of carbonyl (C=O) groups is 1. The van der Waals surface area contributed by atoms with Crippen molar-refractivity contribution in [3.05, 3.63) is 75.6 Å². The SMILES string of the molecule is CC(C)(C(=O)NC[C@@H]1CNCC[C@@H]1c1ccc(F)cc1)c1ccc([N+](=O)[O-])cc1. The highest BCUT2D eigenvalue weighted by Crippen LogP contribution is 2.31. The maximum absolute atomic E-state index is 13.3. The Hall–Kier alpha value is -2.80. The smallest absolute Gasteiger partial charge is 0.269 e. The Balaban J connectivity index is 1.67. The number of carbonyl (C=O) groups excluding carboxylic acids is 1. The van der Waals surface area contributed by atoms with Gasteiger partial charge in [0.1, 0.15) is 5.82 Å². The summed E-state index contributed by atoms with van der Waals surface area (Å²) in [5.74, 6) is 0.0672. The van der Waals surface area contributed by atoms with E-state index >= 15 is 0 Å².